The van der Waals surface area contributed by atoms with Crippen LogP contribution in [0.1, 0.15) is 46.5 Å². The zero-order valence-electron chi connectivity index (χ0n) is 12.6. The van der Waals surface area contributed by atoms with Crippen LogP contribution in [0.4, 0.5) is 0 Å². The summed E-state index contributed by atoms with van der Waals surface area (Å²) in [6, 6.07) is 0. The fourth-order valence-electron chi connectivity index (χ4n) is 1.84. The van der Waals surface area contributed by atoms with Crippen LogP contribution in [-0.2, 0) is 9.53 Å². The van der Waals surface area contributed by atoms with Crippen molar-refractivity contribution in [2.45, 2.75) is 52.6 Å². The van der Waals surface area contributed by atoms with Crippen molar-refractivity contribution in [3.8, 4) is 0 Å². The molecule has 0 spiro atoms. The van der Waals surface area contributed by atoms with Gasteiger partial charge in [0.05, 0.1) is 18.4 Å². The molecule has 4 heteroatoms. The Hall–Kier alpha value is -1.06. The molecule has 0 atom stereocenters. The lowest BCUT2D eigenvalue weighted by molar-refractivity contribution is -0.120. The van der Waals surface area contributed by atoms with Crippen molar-refractivity contribution in [2.75, 3.05) is 6.61 Å². The van der Waals surface area contributed by atoms with Crippen molar-refractivity contribution in [2.24, 2.45) is 0 Å². The SMILES string of the molecule is C=C(C)/C(NC(=O)CC)=C(COC1CCC1)\C(Cl)=C/C. The molecule has 20 heavy (non-hydrogen) atoms. The highest BCUT2D eigenvalue weighted by Crippen LogP contribution is 2.26. The first-order chi connectivity index (χ1) is 9.49. The van der Waals surface area contributed by atoms with Gasteiger partial charge in [-0.25, -0.2) is 0 Å². The van der Waals surface area contributed by atoms with Crippen molar-refractivity contribution in [1.29, 1.82) is 0 Å². The van der Waals surface area contributed by atoms with Gasteiger partial charge < -0.3 is 10.1 Å². The minimum Gasteiger partial charge on any atom is -0.373 e. The Morgan fingerprint density at radius 3 is 2.55 bits per heavy atom. The Morgan fingerprint density at radius 2 is 2.15 bits per heavy atom. The fourth-order valence-corrected chi connectivity index (χ4v) is 1.99. The van der Waals surface area contributed by atoms with Crippen LogP contribution in [0.3, 0.4) is 0 Å². The summed E-state index contributed by atoms with van der Waals surface area (Å²) in [7, 11) is 0. The van der Waals surface area contributed by atoms with E-state index in [9.17, 15) is 4.79 Å². The standard InChI is InChI=1S/C16H24ClNO2/c1-5-14(17)13(10-20-12-8-7-9-12)16(11(3)4)18-15(19)6-2/h5,12H,3,6-10H2,1-2,4H3,(H,18,19)/b14-5+,16-13+. The Morgan fingerprint density at radius 1 is 1.50 bits per heavy atom. The van der Waals surface area contributed by atoms with Gasteiger partial charge in [0.1, 0.15) is 0 Å². The quantitative estimate of drug-likeness (QED) is 0.720. The molecule has 0 aliphatic heterocycles. The lowest BCUT2D eigenvalue weighted by Gasteiger charge is -2.27. The van der Waals surface area contributed by atoms with E-state index in [0.717, 1.165) is 24.0 Å². The molecule has 1 aliphatic carbocycles. The van der Waals surface area contributed by atoms with Gasteiger partial charge in [-0.15, -0.1) is 0 Å². The Kier molecular flexibility index (Phi) is 7.03. The van der Waals surface area contributed by atoms with Gasteiger partial charge in [-0.3, -0.25) is 4.79 Å². The van der Waals surface area contributed by atoms with Crippen LogP contribution in [0.5, 0.6) is 0 Å². The molecule has 1 N–H and O–H groups in total. The van der Waals surface area contributed by atoms with Crippen molar-refractivity contribution in [3.05, 3.63) is 34.5 Å². The van der Waals surface area contributed by atoms with Gasteiger partial charge in [-0.2, -0.15) is 0 Å². The third-order valence-electron chi connectivity index (χ3n) is 3.37. The number of allylic oxidation sites excluding steroid dienone is 2. The third kappa shape index (κ3) is 4.80. The molecule has 0 radical (unpaired) electrons. The van der Waals surface area contributed by atoms with E-state index in [4.69, 9.17) is 16.3 Å². The minimum absolute atomic E-state index is 0.0512. The van der Waals surface area contributed by atoms with Crippen LogP contribution in [-0.4, -0.2) is 18.6 Å². The Bertz CT molecular complexity index is 434. The molecule has 0 aromatic rings. The number of rotatable bonds is 7. The van der Waals surface area contributed by atoms with E-state index in [0.29, 0.717) is 29.9 Å². The number of hydrogen-bond donors (Lipinski definition) is 1. The number of carbonyl (C=O) groups is 1. The Balaban J connectivity index is 2.95. The molecular weight excluding hydrogens is 274 g/mol. The first kappa shape index (κ1) is 17.0. The molecule has 1 saturated carbocycles. The van der Waals surface area contributed by atoms with Crippen LogP contribution in [0.25, 0.3) is 0 Å². The van der Waals surface area contributed by atoms with Gasteiger partial charge in [-0.05, 0) is 38.7 Å². The second-order valence-electron chi connectivity index (χ2n) is 5.04. The van der Waals surface area contributed by atoms with E-state index >= 15 is 0 Å². The third-order valence-corrected chi connectivity index (χ3v) is 3.82. The van der Waals surface area contributed by atoms with Crippen LogP contribution in [0, 0.1) is 0 Å². The first-order valence-corrected chi connectivity index (χ1v) is 7.50. The molecule has 0 aromatic heterocycles. The molecular formula is C16H24ClNO2. The molecule has 1 aliphatic rings. The number of hydrogen-bond acceptors (Lipinski definition) is 2. The van der Waals surface area contributed by atoms with Crippen molar-refractivity contribution >= 4 is 17.5 Å². The topological polar surface area (TPSA) is 38.3 Å². The normalized spacial score (nSPS) is 17.3. The summed E-state index contributed by atoms with van der Waals surface area (Å²) in [4.78, 5) is 11.7. The largest absolute Gasteiger partial charge is 0.373 e. The zero-order chi connectivity index (χ0) is 15.1. The highest BCUT2D eigenvalue weighted by atomic mass is 35.5. The summed E-state index contributed by atoms with van der Waals surface area (Å²) in [5.74, 6) is -0.0512. The van der Waals surface area contributed by atoms with Gasteiger partial charge in [0, 0.05) is 17.0 Å². The molecule has 0 unspecified atom stereocenters. The zero-order valence-corrected chi connectivity index (χ0v) is 13.3. The van der Waals surface area contributed by atoms with Gasteiger partial charge in [0.15, 0.2) is 0 Å². The number of carbonyl (C=O) groups excluding carboxylic acids is 1. The molecule has 112 valence electrons. The lowest BCUT2D eigenvalue weighted by Crippen LogP contribution is -2.27. The highest BCUT2D eigenvalue weighted by molar-refractivity contribution is 6.32. The van der Waals surface area contributed by atoms with Crippen LogP contribution in [0.2, 0.25) is 0 Å². The predicted molar refractivity (Wildman–Crippen MR) is 83.5 cm³/mol. The van der Waals surface area contributed by atoms with Crippen LogP contribution < -0.4 is 5.32 Å². The molecule has 3 nitrogen and oxygen atoms in total. The molecule has 1 fully saturated rings. The lowest BCUT2D eigenvalue weighted by atomic mass is 9.96. The van der Waals surface area contributed by atoms with Crippen LogP contribution in [0.15, 0.2) is 34.5 Å². The fraction of sp³-hybridized carbons (Fsp3) is 0.562. The van der Waals surface area contributed by atoms with Gasteiger partial charge in [-0.1, -0.05) is 31.2 Å². The van der Waals surface area contributed by atoms with E-state index in [1.807, 2.05) is 26.8 Å². The number of nitrogens with one attached hydrogen (secondary N) is 1. The number of amides is 1. The maximum Gasteiger partial charge on any atom is 0.224 e. The van der Waals surface area contributed by atoms with Gasteiger partial charge in [0.2, 0.25) is 5.91 Å². The van der Waals surface area contributed by atoms with E-state index in [-0.39, 0.29) is 5.91 Å². The average Bonchev–Trinajstić information content (AvgIpc) is 2.38. The molecule has 0 aromatic carbocycles. The molecule has 0 saturated heterocycles. The van der Waals surface area contributed by atoms with E-state index < -0.39 is 0 Å². The maximum atomic E-state index is 11.7. The monoisotopic (exact) mass is 297 g/mol. The second-order valence-corrected chi connectivity index (χ2v) is 5.44. The summed E-state index contributed by atoms with van der Waals surface area (Å²) in [6.45, 7) is 9.86. The summed E-state index contributed by atoms with van der Waals surface area (Å²) in [6.07, 6.45) is 5.97. The summed E-state index contributed by atoms with van der Waals surface area (Å²) >= 11 is 6.27. The molecule has 1 amide bonds. The van der Waals surface area contributed by atoms with Crippen molar-refractivity contribution < 1.29 is 9.53 Å². The molecule has 0 heterocycles. The maximum absolute atomic E-state index is 11.7. The summed E-state index contributed by atoms with van der Waals surface area (Å²) in [5, 5.41) is 3.47. The number of halogens is 1. The van der Waals surface area contributed by atoms with Gasteiger partial charge in [0.25, 0.3) is 0 Å². The summed E-state index contributed by atoms with van der Waals surface area (Å²) in [5.41, 5.74) is 2.26. The van der Waals surface area contributed by atoms with E-state index in [2.05, 4.69) is 11.9 Å². The van der Waals surface area contributed by atoms with Gasteiger partial charge >= 0.3 is 0 Å². The number of ether oxygens (including phenoxy) is 1. The smallest absolute Gasteiger partial charge is 0.224 e. The van der Waals surface area contributed by atoms with Crippen molar-refractivity contribution in [1.82, 2.24) is 5.32 Å². The van der Waals surface area contributed by atoms with Crippen molar-refractivity contribution in [3.63, 3.8) is 0 Å². The van der Waals surface area contributed by atoms with E-state index in [1.54, 1.807) is 0 Å². The summed E-state index contributed by atoms with van der Waals surface area (Å²) < 4.78 is 5.83. The minimum atomic E-state index is -0.0512. The van der Waals surface area contributed by atoms with Crippen LogP contribution >= 0.6 is 11.6 Å². The first-order valence-electron chi connectivity index (χ1n) is 7.12. The second kappa shape index (κ2) is 8.28. The Labute approximate surface area is 126 Å². The average molecular weight is 298 g/mol. The predicted octanol–water partition coefficient (Wildman–Crippen LogP) is 4.05. The molecule has 0 bridgehead atoms. The highest BCUT2D eigenvalue weighted by Gasteiger charge is 2.20. The molecule has 1 rings (SSSR count). The van der Waals surface area contributed by atoms with E-state index in [1.165, 1.54) is 6.42 Å².